The van der Waals surface area contributed by atoms with Crippen molar-refractivity contribution in [3.05, 3.63) is 42.0 Å². The van der Waals surface area contributed by atoms with Crippen molar-refractivity contribution in [1.29, 1.82) is 0 Å². The molecule has 0 radical (unpaired) electrons. The quantitative estimate of drug-likeness (QED) is 0.910. The minimum atomic E-state index is -0.544. The Balaban J connectivity index is 1.95. The van der Waals surface area contributed by atoms with E-state index >= 15 is 0 Å². The third-order valence-electron chi connectivity index (χ3n) is 3.32. The van der Waals surface area contributed by atoms with Gasteiger partial charge in [0.05, 0.1) is 12.6 Å². The van der Waals surface area contributed by atoms with Gasteiger partial charge in [-0.15, -0.1) is 0 Å². The molecule has 0 bridgehead atoms. The maximum absolute atomic E-state index is 12.0. The molecule has 1 saturated heterocycles. The maximum Gasteiger partial charge on any atom is 0.410 e. The first kappa shape index (κ1) is 15.6. The first-order valence-electron chi connectivity index (χ1n) is 7.24. The lowest BCUT2D eigenvalue weighted by Crippen LogP contribution is -2.35. The van der Waals surface area contributed by atoms with Crippen LogP contribution in [0.15, 0.2) is 36.4 Å². The van der Waals surface area contributed by atoms with Crippen LogP contribution in [-0.4, -0.2) is 40.9 Å². The van der Waals surface area contributed by atoms with Crippen molar-refractivity contribution in [3.8, 4) is 0 Å². The van der Waals surface area contributed by atoms with Crippen molar-refractivity contribution in [2.24, 2.45) is 5.92 Å². The van der Waals surface area contributed by atoms with Crippen molar-refractivity contribution < 1.29 is 14.6 Å². The van der Waals surface area contributed by atoms with Crippen LogP contribution in [0.3, 0.4) is 0 Å². The molecule has 0 aliphatic carbocycles. The van der Waals surface area contributed by atoms with Gasteiger partial charge in [-0.2, -0.15) is 0 Å². The Morgan fingerprint density at radius 1 is 1.29 bits per heavy atom. The van der Waals surface area contributed by atoms with E-state index in [4.69, 9.17) is 4.74 Å². The van der Waals surface area contributed by atoms with Gasteiger partial charge < -0.3 is 14.7 Å². The molecule has 1 heterocycles. The SMILES string of the molecule is CC(C)(C)OC(=O)N1CC(C=Cc2ccccc2)[C@@H](O)C1. The predicted octanol–water partition coefficient (Wildman–Crippen LogP) is 2.93. The summed E-state index contributed by atoms with van der Waals surface area (Å²) in [6, 6.07) is 9.91. The van der Waals surface area contributed by atoms with E-state index in [0.717, 1.165) is 5.56 Å². The number of ether oxygens (including phenoxy) is 1. The fourth-order valence-electron chi connectivity index (χ4n) is 2.28. The molecule has 1 aliphatic heterocycles. The highest BCUT2D eigenvalue weighted by molar-refractivity contribution is 5.68. The molecule has 2 rings (SSSR count). The number of hydrogen-bond donors (Lipinski definition) is 1. The van der Waals surface area contributed by atoms with E-state index in [9.17, 15) is 9.90 Å². The van der Waals surface area contributed by atoms with E-state index in [-0.39, 0.29) is 12.0 Å². The Morgan fingerprint density at radius 2 is 1.95 bits per heavy atom. The van der Waals surface area contributed by atoms with Crippen LogP contribution in [0.25, 0.3) is 6.08 Å². The number of hydrogen-bond acceptors (Lipinski definition) is 3. The molecular formula is C17H23NO3. The van der Waals surface area contributed by atoms with E-state index < -0.39 is 11.7 Å². The van der Waals surface area contributed by atoms with Gasteiger partial charge in [0.15, 0.2) is 0 Å². The highest BCUT2D eigenvalue weighted by Crippen LogP contribution is 2.22. The van der Waals surface area contributed by atoms with Crippen LogP contribution >= 0.6 is 0 Å². The third-order valence-corrected chi connectivity index (χ3v) is 3.32. The van der Waals surface area contributed by atoms with E-state index in [1.165, 1.54) is 0 Å². The monoisotopic (exact) mass is 289 g/mol. The lowest BCUT2D eigenvalue weighted by Gasteiger charge is -2.24. The lowest BCUT2D eigenvalue weighted by atomic mass is 10.0. The van der Waals surface area contributed by atoms with Crippen molar-refractivity contribution in [2.75, 3.05) is 13.1 Å². The van der Waals surface area contributed by atoms with Gasteiger partial charge in [0.1, 0.15) is 5.60 Å². The average Bonchev–Trinajstić information content (AvgIpc) is 2.77. The van der Waals surface area contributed by atoms with E-state index in [2.05, 4.69) is 0 Å². The number of carbonyl (C=O) groups excluding carboxylic acids is 1. The molecule has 21 heavy (non-hydrogen) atoms. The first-order chi connectivity index (χ1) is 9.85. The van der Waals surface area contributed by atoms with Crippen LogP contribution in [0.4, 0.5) is 4.79 Å². The van der Waals surface area contributed by atoms with Gasteiger partial charge in [-0.05, 0) is 26.3 Å². The third kappa shape index (κ3) is 4.60. The van der Waals surface area contributed by atoms with Crippen molar-refractivity contribution >= 4 is 12.2 Å². The maximum atomic E-state index is 12.0. The summed E-state index contributed by atoms with van der Waals surface area (Å²) in [5, 5.41) is 10.1. The van der Waals surface area contributed by atoms with Crippen LogP contribution in [0.2, 0.25) is 0 Å². The molecule has 1 N–H and O–H groups in total. The molecule has 1 aromatic rings. The first-order valence-corrected chi connectivity index (χ1v) is 7.24. The number of aliphatic hydroxyl groups is 1. The molecule has 0 saturated carbocycles. The second-order valence-corrected chi connectivity index (χ2v) is 6.39. The van der Waals surface area contributed by atoms with E-state index in [1.807, 2.05) is 63.3 Å². The highest BCUT2D eigenvalue weighted by Gasteiger charge is 2.34. The number of aliphatic hydroxyl groups excluding tert-OH is 1. The molecule has 4 nitrogen and oxygen atoms in total. The highest BCUT2D eigenvalue weighted by atomic mass is 16.6. The molecule has 1 aliphatic rings. The molecule has 1 unspecified atom stereocenters. The zero-order valence-electron chi connectivity index (χ0n) is 12.8. The fraction of sp³-hybridized carbons (Fsp3) is 0.471. The minimum absolute atomic E-state index is 0.0577. The predicted molar refractivity (Wildman–Crippen MR) is 82.8 cm³/mol. The number of rotatable bonds is 2. The van der Waals surface area contributed by atoms with E-state index in [0.29, 0.717) is 13.1 Å². The molecule has 0 spiro atoms. The zero-order valence-corrected chi connectivity index (χ0v) is 12.8. The Morgan fingerprint density at radius 3 is 2.57 bits per heavy atom. The van der Waals surface area contributed by atoms with Gasteiger partial charge >= 0.3 is 6.09 Å². The van der Waals surface area contributed by atoms with Crippen molar-refractivity contribution in [3.63, 3.8) is 0 Å². The van der Waals surface area contributed by atoms with Crippen LogP contribution in [0.5, 0.6) is 0 Å². The van der Waals surface area contributed by atoms with Gasteiger partial charge in [0, 0.05) is 12.5 Å². The second-order valence-electron chi connectivity index (χ2n) is 6.39. The van der Waals surface area contributed by atoms with Gasteiger partial charge in [-0.1, -0.05) is 42.5 Å². The summed E-state index contributed by atoms with van der Waals surface area (Å²) in [7, 11) is 0. The summed E-state index contributed by atoms with van der Waals surface area (Å²) in [6.07, 6.45) is 3.03. The topological polar surface area (TPSA) is 49.8 Å². The number of nitrogens with zero attached hydrogens (tertiary/aromatic N) is 1. The number of amides is 1. The van der Waals surface area contributed by atoms with Gasteiger partial charge in [0.2, 0.25) is 0 Å². The second kappa shape index (κ2) is 6.31. The average molecular weight is 289 g/mol. The zero-order chi connectivity index (χ0) is 15.5. The largest absolute Gasteiger partial charge is 0.444 e. The number of likely N-dealkylation sites (tertiary alicyclic amines) is 1. The Bertz CT molecular complexity index is 505. The molecule has 1 aromatic carbocycles. The van der Waals surface area contributed by atoms with Crippen molar-refractivity contribution in [2.45, 2.75) is 32.5 Å². The molecule has 1 amide bonds. The van der Waals surface area contributed by atoms with Gasteiger partial charge in [-0.3, -0.25) is 0 Å². The summed E-state index contributed by atoms with van der Waals surface area (Å²) in [5.41, 5.74) is 0.570. The molecule has 1 fully saturated rings. The van der Waals surface area contributed by atoms with E-state index in [1.54, 1.807) is 4.90 Å². The van der Waals surface area contributed by atoms with Crippen LogP contribution in [0.1, 0.15) is 26.3 Å². The Labute approximate surface area is 126 Å². The molecule has 2 atom stereocenters. The van der Waals surface area contributed by atoms with Crippen molar-refractivity contribution in [1.82, 2.24) is 4.90 Å². The fourth-order valence-corrected chi connectivity index (χ4v) is 2.28. The Hall–Kier alpha value is -1.81. The van der Waals surface area contributed by atoms with Crippen LogP contribution < -0.4 is 0 Å². The molecular weight excluding hydrogens is 266 g/mol. The standard InChI is InChI=1S/C17H23NO3/c1-17(2,3)21-16(20)18-11-14(15(19)12-18)10-9-13-7-5-4-6-8-13/h4-10,14-15,19H,11-12H2,1-3H3/t14?,15-/m0/s1. The lowest BCUT2D eigenvalue weighted by molar-refractivity contribution is 0.0270. The number of benzene rings is 1. The number of carbonyl (C=O) groups is 1. The molecule has 0 aromatic heterocycles. The van der Waals surface area contributed by atoms with Crippen LogP contribution in [0, 0.1) is 5.92 Å². The Kier molecular flexibility index (Phi) is 4.68. The van der Waals surface area contributed by atoms with Crippen LogP contribution in [-0.2, 0) is 4.74 Å². The smallest absolute Gasteiger partial charge is 0.410 e. The molecule has 114 valence electrons. The minimum Gasteiger partial charge on any atom is -0.444 e. The summed E-state index contributed by atoms with van der Waals surface area (Å²) >= 11 is 0. The normalized spacial score (nSPS) is 22.8. The summed E-state index contributed by atoms with van der Waals surface area (Å²) in [5.74, 6) is -0.0577. The summed E-state index contributed by atoms with van der Waals surface area (Å²) in [4.78, 5) is 13.6. The van der Waals surface area contributed by atoms with Gasteiger partial charge in [-0.25, -0.2) is 4.79 Å². The molecule has 4 heteroatoms. The summed E-state index contributed by atoms with van der Waals surface area (Å²) in [6.45, 7) is 6.32. The summed E-state index contributed by atoms with van der Waals surface area (Å²) < 4.78 is 5.33. The van der Waals surface area contributed by atoms with Gasteiger partial charge in [0.25, 0.3) is 0 Å². The number of β-amino-alcohol motifs (C(OH)–C–C–N with tert-alkyl or cyclic N) is 1.